The maximum Gasteiger partial charge on any atom is 0.251 e. The van der Waals surface area contributed by atoms with Crippen molar-refractivity contribution >= 4 is 23.5 Å². The summed E-state index contributed by atoms with van der Waals surface area (Å²) in [6, 6.07) is 5.13. The van der Waals surface area contributed by atoms with Gasteiger partial charge in [-0.3, -0.25) is 4.79 Å². The predicted molar refractivity (Wildman–Crippen MR) is 82.5 cm³/mol. The number of carbonyl (C=O) groups excluding carboxylic acids is 1. The van der Waals surface area contributed by atoms with E-state index < -0.39 is 0 Å². The van der Waals surface area contributed by atoms with Crippen LogP contribution in [0.3, 0.4) is 0 Å². The number of ether oxygens (including phenoxy) is 1. The molecule has 21 heavy (non-hydrogen) atoms. The Morgan fingerprint density at radius 1 is 1.33 bits per heavy atom. The monoisotopic (exact) mass is 292 g/mol. The number of rotatable bonds is 5. The summed E-state index contributed by atoms with van der Waals surface area (Å²) in [7, 11) is 1.57. The highest BCUT2D eigenvalue weighted by molar-refractivity contribution is 5.98. The van der Waals surface area contributed by atoms with Crippen LogP contribution in [0.25, 0.3) is 0 Å². The van der Waals surface area contributed by atoms with Gasteiger partial charge in [0, 0.05) is 19.2 Å². The molecule has 0 aromatic heterocycles. The van der Waals surface area contributed by atoms with E-state index >= 15 is 0 Å². The number of hydrogen-bond donors (Lipinski definition) is 4. The van der Waals surface area contributed by atoms with E-state index in [1.807, 2.05) is 0 Å². The van der Waals surface area contributed by atoms with Gasteiger partial charge < -0.3 is 27.3 Å². The highest BCUT2D eigenvalue weighted by Gasteiger charge is 2.11. The molecule has 1 rings (SSSR count). The van der Waals surface area contributed by atoms with Crippen LogP contribution >= 0.6 is 0 Å². The first-order valence-corrected chi connectivity index (χ1v) is 6.26. The molecule has 0 spiro atoms. The third-order valence-corrected chi connectivity index (χ3v) is 2.62. The molecule has 7 N–H and O–H groups in total. The first kappa shape index (κ1) is 16.4. The Balaban J connectivity index is 2.98. The highest BCUT2D eigenvalue weighted by atomic mass is 16.5. The summed E-state index contributed by atoms with van der Waals surface area (Å²) in [5.74, 6) is -0.459. The summed E-state index contributed by atoms with van der Waals surface area (Å²) in [6.45, 7) is 2.64. The van der Waals surface area contributed by atoms with Gasteiger partial charge in [-0.1, -0.05) is 6.07 Å². The number of nitrogens with one attached hydrogen (secondary N) is 1. The molecule has 1 aromatic rings. The Bertz CT molecular complexity index is 564. The van der Waals surface area contributed by atoms with Gasteiger partial charge in [0.2, 0.25) is 5.96 Å². The van der Waals surface area contributed by atoms with Crippen molar-refractivity contribution in [1.29, 1.82) is 0 Å². The van der Waals surface area contributed by atoms with Crippen molar-refractivity contribution in [3.63, 3.8) is 0 Å². The zero-order valence-corrected chi connectivity index (χ0v) is 12.1. The number of hydrogen-bond acceptors (Lipinski definition) is 3. The molecule has 1 aromatic carbocycles. The van der Waals surface area contributed by atoms with Crippen LogP contribution in [0, 0.1) is 6.92 Å². The first-order chi connectivity index (χ1) is 9.95. The van der Waals surface area contributed by atoms with Gasteiger partial charge >= 0.3 is 0 Å². The lowest BCUT2D eigenvalue weighted by Crippen LogP contribution is -2.27. The number of aliphatic imine (C=N–C) groups is 2. The van der Waals surface area contributed by atoms with Crippen molar-refractivity contribution in [1.82, 2.24) is 5.32 Å². The molecule has 0 fully saturated rings. The van der Waals surface area contributed by atoms with Crippen molar-refractivity contribution < 1.29 is 9.53 Å². The number of nitrogens with two attached hydrogens (primary N) is 3. The van der Waals surface area contributed by atoms with Gasteiger partial charge in [0.25, 0.3) is 5.91 Å². The van der Waals surface area contributed by atoms with Gasteiger partial charge in [-0.15, -0.1) is 0 Å². The van der Waals surface area contributed by atoms with Gasteiger partial charge in [-0.25, -0.2) is 4.99 Å². The van der Waals surface area contributed by atoms with Crippen LogP contribution in [-0.4, -0.2) is 38.1 Å². The number of methoxy groups -OCH3 is 1. The van der Waals surface area contributed by atoms with E-state index in [0.29, 0.717) is 30.0 Å². The van der Waals surface area contributed by atoms with Crippen LogP contribution in [0.2, 0.25) is 0 Å². The maximum atomic E-state index is 12.0. The Morgan fingerprint density at radius 2 is 2.05 bits per heavy atom. The molecule has 0 aliphatic carbocycles. The van der Waals surface area contributed by atoms with Gasteiger partial charge in [-0.05, 0) is 24.6 Å². The molecule has 114 valence electrons. The highest BCUT2D eigenvalue weighted by Crippen LogP contribution is 2.21. The van der Waals surface area contributed by atoms with Crippen LogP contribution < -0.4 is 22.5 Å². The van der Waals surface area contributed by atoms with Crippen LogP contribution in [0.1, 0.15) is 15.9 Å². The van der Waals surface area contributed by atoms with E-state index in [4.69, 9.17) is 21.9 Å². The molecule has 0 unspecified atom stereocenters. The van der Waals surface area contributed by atoms with E-state index in [9.17, 15) is 4.79 Å². The van der Waals surface area contributed by atoms with Gasteiger partial charge in [0.1, 0.15) is 0 Å². The first-order valence-electron chi connectivity index (χ1n) is 6.26. The normalized spacial score (nSPS) is 11.0. The third-order valence-electron chi connectivity index (χ3n) is 2.62. The Kier molecular flexibility index (Phi) is 6.15. The molecular formula is C13H20N6O2. The summed E-state index contributed by atoms with van der Waals surface area (Å²) in [6.07, 6.45) is 0. The third kappa shape index (κ3) is 5.11. The smallest absolute Gasteiger partial charge is 0.251 e. The lowest BCUT2D eigenvalue weighted by molar-refractivity contribution is 0.0936. The zero-order chi connectivity index (χ0) is 15.8. The SMILES string of the molecule is COCCNC(=O)c1cccc(N=C(N)N=C(N)N)c1C. The fourth-order valence-electron chi connectivity index (χ4n) is 1.63. The van der Waals surface area contributed by atoms with Crippen molar-refractivity contribution in [3.05, 3.63) is 29.3 Å². The molecule has 0 heterocycles. The molecule has 0 saturated carbocycles. The number of guanidine groups is 2. The molecule has 0 aliphatic heterocycles. The Morgan fingerprint density at radius 3 is 2.67 bits per heavy atom. The molecule has 0 atom stereocenters. The van der Waals surface area contributed by atoms with Crippen molar-refractivity contribution in [3.8, 4) is 0 Å². The second kappa shape index (κ2) is 7.85. The standard InChI is InChI=1S/C13H20N6O2/c1-8-9(11(20)17-6-7-21-2)4-3-5-10(8)18-13(16)19-12(14)15/h3-5H,6-7H2,1-2H3,(H,17,20)(H6,14,15,16,18,19). The van der Waals surface area contributed by atoms with Crippen LogP contribution in [-0.2, 0) is 4.74 Å². The molecule has 0 bridgehead atoms. The second-order valence-electron chi connectivity index (χ2n) is 4.21. The van der Waals surface area contributed by atoms with E-state index in [1.54, 1.807) is 32.2 Å². The Labute approximate surface area is 123 Å². The van der Waals surface area contributed by atoms with E-state index in [2.05, 4.69) is 15.3 Å². The average Bonchev–Trinajstić information content (AvgIpc) is 2.40. The lowest BCUT2D eigenvalue weighted by Gasteiger charge is -2.09. The molecule has 0 saturated heterocycles. The molecule has 1 amide bonds. The quantitative estimate of drug-likeness (QED) is 0.331. The largest absolute Gasteiger partial charge is 0.383 e. The van der Waals surface area contributed by atoms with E-state index in [1.165, 1.54) is 0 Å². The summed E-state index contributed by atoms with van der Waals surface area (Å²) in [5, 5.41) is 2.74. The molecule has 8 nitrogen and oxygen atoms in total. The predicted octanol–water partition coefficient (Wildman–Crippen LogP) is -0.409. The van der Waals surface area contributed by atoms with Crippen molar-refractivity contribution in [2.24, 2.45) is 27.2 Å². The fourth-order valence-corrected chi connectivity index (χ4v) is 1.63. The van der Waals surface area contributed by atoms with Crippen molar-refractivity contribution in [2.45, 2.75) is 6.92 Å². The lowest BCUT2D eigenvalue weighted by atomic mass is 10.1. The molecule has 8 heteroatoms. The van der Waals surface area contributed by atoms with Gasteiger partial charge in [-0.2, -0.15) is 4.99 Å². The van der Waals surface area contributed by atoms with Crippen LogP contribution in [0.5, 0.6) is 0 Å². The molecular weight excluding hydrogens is 272 g/mol. The average molecular weight is 292 g/mol. The Hall–Kier alpha value is -2.61. The topological polar surface area (TPSA) is 141 Å². The molecule has 0 radical (unpaired) electrons. The van der Waals surface area contributed by atoms with E-state index in [-0.39, 0.29) is 17.8 Å². The minimum absolute atomic E-state index is 0.0740. The summed E-state index contributed by atoms with van der Waals surface area (Å²) < 4.78 is 4.88. The fraction of sp³-hybridized carbons (Fsp3) is 0.308. The van der Waals surface area contributed by atoms with Gasteiger partial charge in [0.15, 0.2) is 5.96 Å². The molecule has 0 aliphatic rings. The number of amides is 1. The van der Waals surface area contributed by atoms with Gasteiger partial charge in [0.05, 0.1) is 12.3 Å². The van der Waals surface area contributed by atoms with Crippen LogP contribution in [0.4, 0.5) is 5.69 Å². The number of nitrogens with zero attached hydrogens (tertiary/aromatic N) is 2. The zero-order valence-electron chi connectivity index (χ0n) is 12.1. The van der Waals surface area contributed by atoms with E-state index in [0.717, 1.165) is 0 Å². The summed E-state index contributed by atoms with van der Waals surface area (Å²) >= 11 is 0. The van der Waals surface area contributed by atoms with Crippen LogP contribution in [0.15, 0.2) is 28.2 Å². The summed E-state index contributed by atoms with van der Waals surface area (Å²) in [5.41, 5.74) is 17.7. The second-order valence-corrected chi connectivity index (χ2v) is 4.21. The maximum absolute atomic E-state index is 12.0. The van der Waals surface area contributed by atoms with Crippen molar-refractivity contribution in [2.75, 3.05) is 20.3 Å². The number of benzene rings is 1. The summed E-state index contributed by atoms with van der Waals surface area (Å²) in [4.78, 5) is 19.8. The minimum Gasteiger partial charge on any atom is -0.383 e. The minimum atomic E-state index is -0.206. The number of carbonyl (C=O) groups is 1.